The number of fused-ring (bicyclic) bond motifs is 6. The van der Waals surface area contributed by atoms with Crippen molar-refractivity contribution in [3.63, 3.8) is 0 Å². The highest BCUT2D eigenvalue weighted by Crippen LogP contribution is 2.23. The van der Waals surface area contributed by atoms with Crippen LogP contribution in [-0.2, 0) is 0 Å². The Bertz CT molecular complexity index is 4510. The molecule has 16 aromatic rings. The third-order valence-corrected chi connectivity index (χ3v) is 15.3. The average molecular weight is 1200 g/mol. The predicted molar refractivity (Wildman–Crippen MR) is 392 cm³/mol. The van der Waals surface area contributed by atoms with E-state index in [2.05, 4.69) is 285 Å². The Morgan fingerprint density at radius 3 is 1.28 bits per heavy atom. The predicted octanol–water partition coefficient (Wildman–Crippen LogP) is 22.6. The van der Waals surface area contributed by atoms with E-state index in [4.69, 9.17) is 0 Å². The van der Waals surface area contributed by atoms with E-state index in [1.54, 1.807) is 0 Å². The number of aryl methyl sites for hydroxylation is 8. The molecule has 0 bridgehead atoms. The first-order valence-corrected chi connectivity index (χ1v) is 31.0. The summed E-state index contributed by atoms with van der Waals surface area (Å²) in [5, 5.41) is 14.9. The van der Waals surface area contributed by atoms with Crippen molar-refractivity contribution in [2.45, 2.75) is 55.4 Å². The number of nitrogens with zero attached hydrogens (tertiary/aromatic N) is 6. The lowest BCUT2D eigenvalue weighted by atomic mass is 10.0. The van der Waals surface area contributed by atoms with E-state index in [1.807, 2.05) is 130 Å². The third-order valence-electron chi connectivity index (χ3n) is 15.3. The Morgan fingerprint density at radius 2 is 0.620 bits per heavy atom. The van der Waals surface area contributed by atoms with E-state index < -0.39 is 0 Å². The fourth-order valence-corrected chi connectivity index (χ4v) is 10.3. The molecule has 16 rings (SSSR count). The summed E-state index contributed by atoms with van der Waals surface area (Å²) in [4.78, 5) is 24.5. The van der Waals surface area contributed by atoms with Crippen molar-refractivity contribution in [2.75, 3.05) is 0 Å². The summed E-state index contributed by atoms with van der Waals surface area (Å²) < 4.78 is 0. The fraction of sp³-hybridized carbons (Fsp3) is 0.0930. The van der Waals surface area contributed by atoms with Gasteiger partial charge in [-0.2, -0.15) is 0 Å². The summed E-state index contributed by atoms with van der Waals surface area (Å²) in [5.74, 6) is 0. The molecule has 0 saturated heterocycles. The molecule has 0 N–H and O–H groups in total. The third kappa shape index (κ3) is 19.6. The summed E-state index contributed by atoms with van der Waals surface area (Å²) in [6.45, 7) is 16.7. The van der Waals surface area contributed by atoms with Gasteiger partial charge in [-0.15, -0.1) is 0 Å². The first-order valence-electron chi connectivity index (χ1n) is 31.0. The first-order chi connectivity index (χ1) is 44.9. The second kappa shape index (κ2) is 33.9. The van der Waals surface area contributed by atoms with Gasteiger partial charge in [0.2, 0.25) is 0 Å². The standard InChI is InChI=1S/2C13H12.6C10H9N/c1-11-6-5-9-13(10-11)12-7-3-2-4-8-12;1-11-7-9-13(10-8-11)12-5-3-2-4-6-12;1-8-2-3-10-7-11-5-4-9(10)6-8;1-8-2-3-9-4-5-11-7-10(9)6-8;1-8-3-2-4-9-7-11-6-5-10(8)9;1-8-3-2-4-9-5-6-11-7-10(8)9;1-8-6-11-7-9-4-2-3-5-10(8)9;1-8-6-9-4-2-3-5-10(9)7-11-8/h2*2-10H,1H3;6*2-7H,1H3. The van der Waals surface area contributed by atoms with Gasteiger partial charge in [-0.3, -0.25) is 29.9 Å². The Kier molecular flexibility index (Phi) is 24.0. The van der Waals surface area contributed by atoms with Gasteiger partial charge in [0, 0.05) is 106 Å². The van der Waals surface area contributed by atoms with Crippen LogP contribution in [0.5, 0.6) is 0 Å². The Balaban J connectivity index is 0.000000124. The molecule has 6 heteroatoms. The zero-order chi connectivity index (χ0) is 64.3. The van der Waals surface area contributed by atoms with Gasteiger partial charge < -0.3 is 0 Å². The van der Waals surface area contributed by atoms with Gasteiger partial charge in [-0.05, 0) is 163 Å². The number of hydrogen-bond donors (Lipinski definition) is 0. The molecule has 0 aliphatic heterocycles. The molecule has 0 spiro atoms. The molecule has 0 atom stereocenters. The van der Waals surface area contributed by atoms with Gasteiger partial charge in [0.25, 0.3) is 0 Å². The molecule has 92 heavy (non-hydrogen) atoms. The summed E-state index contributed by atoms with van der Waals surface area (Å²) >= 11 is 0. The van der Waals surface area contributed by atoms with Crippen LogP contribution in [0, 0.1) is 55.4 Å². The van der Waals surface area contributed by atoms with E-state index in [9.17, 15) is 0 Å². The summed E-state index contributed by atoms with van der Waals surface area (Å²) in [5.41, 5.74) is 15.2. The van der Waals surface area contributed by atoms with Crippen LogP contribution in [0.2, 0.25) is 0 Å². The van der Waals surface area contributed by atoms with Gasteiger partial charge >= 0.3 is 0 Å². The number of pyridine rings is 6. The second-order valence-corrected chi connectivity index (χ2v) is 22.6. The minimum Gasteiger partial charge on any atom is -0.264 e. The van der Waals surface area contributed by atoms with Gasteiger partial charge in [-0.1, -0.05) is 247 Å². The van der Waals surface area contributed by atoms with Crippen molar-refractivity contribution in [1.29, 1.82) is 0 Å². The van der Waals surface area contributed by atoms with Crippen molar-refractivity contribution in [2.24, 2.45) is 0 Å². The topological polar surface area (TPSA) is 77.3 Å². The maximum absolute atomic E-state index is 4.21. The monoisotopic (exact) mass is 1190 g/mol. The van der Waals surface area contributed by atoms with E-state index >= 15 is 0 Å². The molecule has 10 aromatic carbocycles. The van der Waals surface area contributed by atoms with Crippen molar-refractivity contribution < 1.29 is 0 Å². The van der Waals surface area contributed by atoms with E-state index in [-0.39, 0.29) is 0 Å². The fourth-order valence-electron chi connectivity index (χ4n) is 10.3. The van der Waals surface area contributed by atoms with Crippen molar-refractivity contribution in [3.05, 3.63) is 374 Å². The highest BCUT2D eigenvalue weighted by molar-refractivity contribution is 5.87. The molecule has 0 amide bonds. The van der Waals surface area contributed by atoms with Crippen LogP contribution in [0.3, 0.4) is 0 Å². The van der Waals surface area contributed by atoms with Crippen LogP contribution in [-0.4, -0.2) is 29.9 Å². The number of benzene rings is 10. The van der Waals surface area contributed by atoms with E-state index in [0.717, 1.165) is 5.69 Å². The summed E-state index contributed by atoms with van der Waals surface area (Å²) in [7, 11) is 0. The molecule has 6 nitrogen and oxygen atoms in total. The average Bonchev–Trinajstić information content (AvgIpc) is 2.31. The molecule has 0 radical (unpaired) electrons. The van der Waals surface area contributed by atoms with E-state index in [0.29, 0.717) is 0 Å². The highest BCUT2D eigenvalue weighted by atomic mass is 14.7. The van der Waals surface area contributed by atoms with Crippen LogP contribution in [0.25, 0.3) is 86.9 Å². The molecule has 0 fully saturated rings. The zero-order valence-electron chi connectivity index (χ0n) is 53.9. The Labute approximate surface area is 542 Å². The number of aromatic nitrogens is 6. The number of rotatable bonds is 2. The smallest absolute Gasteiger partial charge is 0.0379 e. The quantitative estimate of drug-likeness (QED) is 0.172. The largest absolute Gasteiger partial charge is 0.264 e. The minimum atomic E-state index is 1.07. The molecule has 0 aliphatic rings. The lowest BCUT2D eigenvalue weighted by Crippen LogP contribution is -1.79. The molecule has 452 valence electrons. The van der Waals surface area contributed by atoms with Gasteiger partial charge in [-0.25, -0.2) is 0 Å². The van der Waals surface area contributed by atoms with Crippen LogP contribution >= 0.6 is 0 Å². The van der Waals surface area contributed by atoms with Crippen molar-refractivity contribution >= 4 is 64.6 Å². The maximum atomic E-state index is 4.21. The minimum absolute atomic E-state index is 1.07. The number of hydrogen-bond acceptors (Lipinski definition) is 6. The normalized spacial score (nSPS) is 10.2. The SMILES string of the molecule is Cc1cc2ccccc2cn1.Cc1ccc(-c2ccccc2)cc1.Cc1ccc2ccncc2c1.Cc1ccc2cnccc2c1.Cc1cccc(-c2ccccc2)c1.Cc1cccc2ccncc12.Cc1cccc2cnccc12.Cc1cncc2ccccc12. The summed E-state index contributed by atoms with van der Waals surface area (Å²) in [6.07, 6.45) is 20.6. The molecule has 6 aromatic heterocycles. The first kappa shape index (κ1) is 65.1. The van der Waals surface area contributed by atoms with Crippen LogP contribution in [0.1, 0.15) is 44.6 Å². The zero-order valence-corrected chi connectivity index (χ0v) is 53.9. The highest BCUT2D eigenvalue weighted by Gasteiger charge is 1.99. The van der Waals surface area contributed by atoms with Crippen molar-refractivity contribution in [1.82, 2.24) is 29.9 Å². The van der Waals surface area contributed by atoms with E-state index in [1.165, 1.54) is 126 Å². The molecular weight excluding hydrogens is 1120 g/mol. The van der Waals surface area contributed by atoms with Gasteiger partial charge in [0.1, 0.15) is 0 Å². The lowest BCUT2D eigenvalue weighted by Gasteiger charge is -2.01. The molecular formula is C86H78N6. The molecule has 6 heterocycles. The van der Waals surface area contributed by atoms with Crippen LogP contribution < -0.4 is 0 Å². The second-order valence-electron chi connectivity index (χ2n) is 22.6. The molecule has 0 unspecified atom stereocenters. The van der Waals surface area contributed by atoms with Crippen LogP contribution in [0.15, 0.2) is 329 Å². The van der Waals surface area contributed by atoms with Gasteiger partial charge in [0.15, 0.2) is 0 Å². The lowest BCUT2D eigenvalue weighted by molar-refractivity contribution is 1.22. The molecule has 0 aliphatic carbocycles. The Hall–Kier alpha value is -11.3. The van der Waals surface area contributed by atoms with Crippen LogP contribution in [0.4, 0.5) is 0 Å². The van der Waals surface area contributed by atoms with Gasteiger partial charge in [0.05, 0.1) is 0 Å². The maximum Gasteiger partial charge on any atom is 0.0379 e. The Morgan fingerprint density at radius 1 is 0.196 bits per heavy atom. The summed E-state index contributed by atoms with van der Waals surface area (Å²) in [6, 6.07) is 90.0. The van der Waals surface area contributed by atoms with Crippen molar-refractivity contribution in [3.8, 4) is 22.3 Å². The molecule has 0 saturated carbocycles.